The number of likely N-dealkylation sites (N-methyl/N-ethyl adjacent to an activating group) is 1. The van der Waals surface area contributed by atoms with Crippen molar-refractivity contribution in [3.63, 3.8) is 0 Å². The normalized spacial score (nSPS) is 19.8. The van der Waals surface area contributed by atoms with Gasteiger partial charge in [-0.2, -0.15) is 0 Å². The molecule has 26 heavy (non-hydrogen) atoms. The summed E-state index contributed by atoms with van der Waals surface area (Å²) < 4.78 is 5.95. The van der Waals surface area contributed by atoms with Crippen molar-refractivity contribution in [3.8, 4) is 5.75 Å². The predicted octanol–water partition coefficient (Wildman–Crippen LogP) is 1.69. The molecule has 1 saturated heterocycles. The smallest absolute Gasteiger partial charge is 0.241 e. The van der Waals surface area contributed by atoms with Gasteiger partial charge in [-0.1, -0.05) is 0 Å². The molecule has 0 bridgehead atoms. The minimum Gasteiger partial charge on any atom is -0.491 e. The van der Waals surface area contributed by atoms with Gasteiger partial charge in [0.25, 0.3) is 0 Å². The highest BCUT2D eigenvalue weighted by Crippen LogP contribution is 2.37. The molecule has 0 spiro atoms. The van der Waals surface area contributed by atoms with E-state index in [1.54, 1.807) is 0 Å². The molecule has 1 fully saturated rings. The predicted molar refractivity (Wildman–Crippen MR) is 100 cm³/mol. The van der Waals surface area contributed by atoms with E-state index in [1.165, 1.54) is 6.33 Å². The maximum Gasteiger partial charge on any atom is 0.241 e. The van der Waals surface area contributed by atoms with Gasteiger partial charge in [0.15, 0.2) is 0 Å². The Balaban J connectivity index is 1.62. The number of aromatic nitrogens is 2. The average Bonchev–Trinajstić information content (AvgIpc) is 2.80. The standard InChI is InChI=1S/C18H22N6O2/c1-19-16-8-17(21-11-20-16)22-12-3-4-14-15(7-12)26-6-5-13-9-23(2)10-18(25)24(13)14/h3-4,7-8,11,13H,5-6,9-10H2,1-2H3,(H2,19,20,21,22)/t13-/m0/s1. The van der Waals surface area contributed by atoms with Crippen LogP contribution in [0.3, 0.4) is 0 Å². The van der Waals surface area contributed by atoms with Gasteiger partial charge in [0.2, 0.25) is 5.91 Å². The van der Waals surface area contributed by atoms with Crippen LogP contribution in [0.4, 0.5) is 23.0 Å². The van der Waals surface area contributed by atoms with E-state index in [0.29, 0.717) is 19.0 Å². The maximum atomic E-state index is 12.6. The second-order valence-electron chi connectivity index (χ2n) is 6.60. The summed E-state index contributed by atoms with van der Waals surface area (Å²) >= 11 is 0. The summed E-state index contributed by atoms with van der Waals surface area (Å²) in [5, 5.41) is 6.24. The van der Waals surface area contributed by atoms with Crippen LogP contribution in [0.15, 0.2) is 30.6 Å². The largest absolute Gasteiger partial charge is 0.491 e. The minimum atomic E-state index is 0.116. The molecule has 2 N–H and O–H groups in total. The van der Waals surface area contributed by atoms with Crippen molar-refractivity contribution in [1.29, 1.82) is 0 Å². The van der Waals surface area contributed by atoms with Crippen molar-refractivity contribution >= 4 is 28.9 Å². The highest BCUT2D eigenvalue weighted by atomic mass is 16.5. The third-order valence-electron chi connectivity index (χ3n) is 4.69. The van der Waals surface area contributed by atoms with E-state index < -0.39 is 0 Å². The SMILES string of the molecule is CNc1cc(Nc2ccc3c(c2)OCC[C@H]2CN(C)CC(=O)N32)ncn1. The molecule has 0 saturated carbocycles. The Hall–Kier alpha value is -2.87. The molecule has 2 aliphatic rings. The zero-order valence-electron chi connectivity index (χ0n) is 14.9. The summed E-state index contributed by atoms with van der Waals surface area (Å²) in [6, 6.07) is 7.79. The van der Waals surface area contributed by atoms with Crippen LogP contribution in [0.25, 0.3) is 0 Å². The van der Waals surface area contributed by atoms with Crippen LogP contribution in [-0.2, 0) is 4.79 Å². The monoisotopic (exact) mass is 354 g/mol. The van der Waals surface area contributed by atoms with E-state index in [1.807, 2.05) is 43.3 Å². The molecule has 0 radical (unpaired) electrons. The van der Waals surface area contributed by atoms with E-state index >= 15 is 0 Å². The molecule has 1 atom stereocenters. The molecule has 4 rings (SSSR count). The number of hydrogen-bond donors (Lipinski definition) is 2. The van der Waals surface area contributed by atoms with E-state index in [4.69, 9.17) is 4.74 Å². The third kappa shape index (κ3) is 3.15. The lowest BCUT2D eigenvalue weighted by Crippen LogP contribution is -2.55. The van der Waals surface area contributed by atoms with Crippen molar-refractivity contribution in [3.05, 3.63) is 30.6 Å². The molecular formula is C18H22N6O2. The molecule has 2 aliphatic heterocycles. The summed E-state index contributed by atoms with van der Waals surface area (Å²) in [7, 11) is 3.79. The van der Waals surface area contributed by atoms with Crippen molar-refractivity contribution in [1.82, 2.24) is 14.9 Å². The van der Waals surface area contributed by atoms with Crippen molar-refractivity contribution in [2.45, 2.75) is 12.5 Å². The molecule has 0 aliphatic carbocycles. The van der Waals surface area contributed by atoms with Crippen LogP contribution >= 0.6 is 0 Å². The number of fused-ring (bicyclic) bond motifs is 3. The van der Waals surface area contributed by atoms with Crippen molar-refractivity contribution in [2.24, 2.45) is 0 Å². The first-order valence-electron chi connectivity index (χ1n) is 8.68. The van der Waals surface area contributed by atoms with Crippen molar-refractivity contribution in [2.75, 3.05) is 49.3 Å². The number of ether oxygens (including phenoxy) is 1. The van der Waals surface area contributed by atoms with Gasteiger partial charge in [-0.05, 0) is 19.2 Å². The Morgan fingerprint density at radius 3 is 2.92 bits per heavy atom. The summed E-state index contributed by atoms with van der Waals surface area (Å²) in [5.41, 5.74) is 1.69. The Kier molecular flexibility index (Phi) is 4.34. The molecular weight excluding hydrogens is 332 g/mol. The Morgan fingerprint density at radius 2 is 2.08 bits per heavy atom. The molecule has 3 heterocycles. The first kappa shape index (κ1) is 16.6. The lowest BCUT2D eigenvalue weighted by atomic mass is 10.1. The highest BCUT2D eigenvalue weighted by molar-refractivity contribution is 5.98. The number of piperazine rings is 1. The number of benzene rings is 1. The first-order valence-corrected chi connectivity index (χ1v) is 8.68. The second kappa shape index (κ2) is 6.80. The Labute approximate surface area is 152 Å². The van der Waals surface area contributed by atoms with Crippen LogP contribution in [-0.4, -0.2) is 60.6 Å². The van der Waals surface area contributed by atoms with Crippen LogP contribution in [0.2, 0.25) is 0 Å². The number of carbonyl (C=O) groups excluding carboxylic acids is 1. The van der Waals surface area contributed by atoms with Crippen LogP contribution in [0.5, 0.6) is 5.75 Å². The number of rotatable bonds is 3. The molecule has 1 amide bonds. The zero-order chi connectivity index (χ0) is 18.1. The number of carbonyl (C=O) groups is 1. The fraction of sp³-hybridized carbons (Fsp3) is 0.389. The molecule has 1 aromatic carbocycles. The summed E-state index contributed by atoms with van der Waals surface area (Å²) in [5.74, 6) is 2.26. The Bertz CT molecular complexity index is 827. The topological polar surface area (TPSA) is 82.6 Å². The number of nitrogens with zero attached hydrogens (tertiary/aromatic N) is 4. The number of anilines is 4. The lowest BCUT2D eigenvalue weighted by Gasteiger charge is -2.38. The summed E-state index contributed by atoms with van der Waals surface area (Å²) in [6.07, 6.45) is 2.33. The van der Waals surface area contributed by atoms with Gasteiger partial charge in [-0.15, -0.1) is 0 Å². The molecule has 0 unspecified atom stereocenters. The molecule has 8 heteroatoms. The van der Waals surface area contributed by atoms with Gasteiger partial charge >= 0.3 is 0 Å². The van der Waals surface area contributed by atoms with E-state index in [0.717, 1.165) is 35.9 Å². The van der Waals surface area contributed by atoms with Crippen LogP contribution in [0.1, 0.15) is 6.42 Å². The van der Waals surface area contributed by atoms with Crippen molar-refractivity contribution < 1.29 is 9.53 Å². The first-order chi connectivity index (χ1) is 12.6. The summed E-state index contributed by atoms with van der Waals surface area (Å²) in [4.78, 5) is 24.9. The van der Waals surface area contributed by atoms with Gasteiger partial charge in [0.1, 0.15) is 23.7 Å². The van der Waals surface area contributed by atoms with E-state index in [-0.39, 0.29) is 11.9 Å². The fourth-order valence-electron chi connectivity index (χ4n) is 3.49. The van der Waals surface area contributed by atoms with Crippen LogP contribution < -0.4 is 20.3 Å². The maximum absolute atomic E-state index is 12.6. The molecule has 8 nitrogen and oxygen atoms in total. The van der Waals surface area contributed by atoms with E-state index in [2.05, 4.69) is 25.5 Å². The quantitative estimate of drug-likeness (QED) is 0.868. The average molecular weight is 354 g/mol. The Morgan fingerprint density at radius 1 is 1.23 bits per heavy atom. The van der Waals surface area contributed by atoms with E-state index in [9.17, 15) is 4.79 Å². The molecule has 2 aromatic rings. The highest BCUT2D eigenvalue weighted by Gasteiger charge is 2.35. The van der Waals surface area contributed by atoms with Gasteiger partial charge in [-0.3, -0.25) is 9.69 Å². The van der Waals surface area contributed by atoms with Crippen LogP contribution in [0, 0.1) is 0 Å². The lowest BCUT2D eigenvalue weighted by molar-refractivity contribution is -0.121. The molecule has 136 valence electrons. The van der Waals surface area contributed by atoms with Gasteiger partial charge in [0.05, 0.1) is 24.9 Å². The van der Waals surface area contributed by atoms with Gasteiger partial charge in [0, 0.05) is 37.8 Å². The second-order valence-corrected chi connectivity index (χ2v) is 6.60. The fourth-order valence-corrected chi connectivity index (χ4v) is 3.49. The number of hydrogen-bond acceptors (Lipinski definition) is 7. The summed E-state index contributed by atoms with van der Waals surface area (Å²) in [6.45, 7) is 1.89. The number of nitrogens with one attached hydrogen (secondary N) is 2. The molecule has 1 aromatic heterocycles. The minimum absolute atomic E-state index is 0.116. The van der Waals surface area contributed by atoms with Gasteiger partial charge < -0.3 is 20.3 Å². The number of amides is 1. The zero-order valence-corrected chi connectivity index (χ0v) is 14.9. The van der Waals surface area contributed by atoms with Gasteiger partial charge in [-0.25, -0.2) is 9.97 Å². The third-order valence-corrected chi connectivity index (χ3v) is 4.69.